The van der Waals surface area contributed by atoms with Gasteiger partial charge in [0.05, 0.1) is 7.11 Å². The number of methoxy groups -OCH3 is 1. The first-order valence-corrected chi connectivity index (χ1v) is 11.1. The van der Waals surface area contributed by atoms with Crippen LogP contribution in [0.15, 0.2) is 77.3 Å². The van der Waals surface area contributed by atoms with Crippen molar-refractivity contribution in [2.24, 2.45) is 0 Å². The predicted octanol–water partition coefficient (Wildman–Crippen LogP) is 6.53. The molecule has 6 heteroatoms. The van der Waals surface area contributed by atoms with Gasteiger partial charge >= 0.3 is 0 Å². The Morgan fingerprint density at radius 1 is 0.938 bits per heavy atom. The molecule has 1 heterocycles. The standard InChI is InChI=1S/C26H22BrNO4/c1-29-23-11-10-21(27)20(26(23)30-15-17-6-3-2-4-7-17)14-28-22-9-5-8-18-12-24-25(13-19(18)22)32-16-31-24/h2-13,28H,14-16H2,1H3. The lowest BCUT2D eigenvalue weighted by atomic mass is 10.1. The third-order valence-corrected chi connectivity index (χ3v) is 6.19. The topological polar surface area (TPSA) is 49.0 Å². The first-order chi connectivity index (χ1) is 15.7. The van der Waals surface area contributed by atoms with Gasteiger partial charge in [-0.3, -0.25) is 0 Å². The SMILES string of the molecule is COc1ccc(Br)c(CNc2cccc3cc4c(cc23)OCO4)c1OCc1ccccc1. The third-order valence-electron chi connectivity index (χ3n) is 5.44. The van der Waals surface area contributed by atoms with Crippen molar-refractivity contribution < 1.29 is 18.9 Å². The fourth-order valence-corrected chi connectivity index (χ4v) is 4.25. The number of anilines is 1. The molecule has 4 aromatic rings. The Morgan fingerprint density at radius 2 is 1.75 bits per heavy atom. The van der Waals surface area contributed by atoms with Crippen molar-refractivity contribution in [3.8, 4) is 23.0 Å². The molecule has 0 atom stereocenters. The second kappa shape index (κ2) is 9.01. The van der Waals surface area contributed by atoms with Crippen molar-refractivity contribution in [1.29, 1.82) is 0 Å². The molecule has 1 N–H and O–H groups in total. The number of rotatable bonds is 7. The minimum Gasteiger partial charge on any atom is -0.493 e. The number of fused-ring (bicyclic) bond motifs is 2. The highest BCUT2D eigenvalue weighted by Gasteiger charge is 2.17. The van der Waals surface area contributed by atoms with Crippen molar-refractivity contribution >= 4 is 32.4 Å². The monoisotopic (exact) mass is 491 g/mol. The first-order valence-electron chi connectivity index (χ1n) is 10.3. The Kier molecular flexibility index (Phi) is 5.77. The van der Waals surface area contributed by atoms with Gasteiger partial charge in [-0.15, -0.1) is 0 Å². The zero-order chi connectivity index (χ0) is 21.9. The Morgan fingerprint density at radius 3 is 2.56 bits per heavy atom. The quantitative estimate of drug-likeness (QED) is 0.318. The molecule has 0 radical (unpaired) electrons. The van der Waals surface area contributed by atoms with E-state index in [2.05, 4.69) is 33.4 Å². The van der Waals surface area contributed by atoms with Gasteiger partial charge in [-0.25, -0.2) is 0 Å². The average molecular weight is 492 g/mol. The van der Waals surface area contributed by atoms with E-state index in [1.807, 2.05) is 60.7 Å². The first kappa shape index (κ1) is 20.5. The average Bonchev–Trinajstić information content (AvgIpc) is 3.29. The maximum atomic E-state index is 6.23. The van der Waals surface area contributed by atoms with Crippen molar-refractivity contribution in [3.05, 3.63) is 88.4 Å². The van der Waals surface area contributed by atoms with Gasteiger partial charge in [-0.05, 0) is 41.3 Å². The molecule has 5 rings (SSSR count). The molecule has 0 spiro atoms. The summed E-state index contributed by atoms with van der Waals surface area (Å²) in [4.78, 5) is 0. The molecule has 32 heavy (non-hydrogen) atoms. The van der Waals surface area contributed by atoms with Crippen LogP contribution in [0.5, 0.6) is 23.0 Å². The second-order valence-electron chi connectivity index (χ2n) is 7.42. The molecule has 0 bridgehead atoms. The fourth-order valence-electron chi connectivity index (χ4n) is 3.80. The zero-order valence-corrected chi connectivity index (χ0v) is 19.1. The van der Waals surface area contributed by atoms with Crippen LogP contribution in [0.3, 0.4) is 0 Å². The summed E-state index contributed by atoms with van der Waals surface area (Å²) in [5.41, 5.74) is 3.08. The lowest BCUT2D eigenvalue weighted by molar-refractivity contribution is 0.174. The smallest absolute Gasteiger partial charge is 0.231 e. The molecule has 5 nitrogen and oxygen atoms in total. The molecular weight excluding hydrogens is 470 g/mol. The number of ether oxygens (including phenoxy) is 4. The Balaban J connectivity index is 1.44. The molecule has 0 unspecified atom stereocenters. The van der Waals surface area contributed by atoms with Crippen LogP contribution in [0.1, 0.15) is 11.1 Å². The van der Waals surface area contributed by atoms with Crippen LogP contribution in [0, 0.1) is 0 Å². The summed E-state index contributed by atoms with van der Waals surface area (Å²) in [5, 5.41) is 5.72. The summed E-state index contributed by atoms with van der Waals surface area (Å²) in [6.45, 7) is 1.27. The predicted molar refractivity (Wildman–Crippen MR) is 129 cm³/mol. The number of benzene rings is 4. The molecule has 1 aliphatic rings. The van der Waals surface area contributed by atoms with E-state index in [1.54, 1.807) is 7.11 Å². The van der Waals surface area contributed by atoms with Gasteiger partial charge in [-0.2, -0.15) is 0 Å². The van der Waals surface area contributed by atoms with E-state index >= 15 is 0 Å². The van der Waals surface area contributed by atoms with E-state index in [9.17, 15) is 0 Å². The van der Waals surface area contributed by atoms with E-state index in [-0.39, 0.29) is 6.79 Å². The van der Waals surface area contributed by atoms with E-state index in [4.69, 9.17) is 18.9 Å². The lowest BCUT2D eigenvalue weighted by Gasteiger charge is -2.18. The molecule has 4 aromatic carbocycles. The van der Waals surface area contributed by atoms with Crippen LogP contribution in [-0.2, 0) is 13.2 Å². The van der Waals surface area contributed by atoms with Crippen molar-refractivity contribution in [3.63, 3.8) is 0 Å². The highest BCUT2D eigenvalue weighted by atomic mass is 79.9. The summed E-state index contributed by atoms with van der Waals surface area (Å²) in [6.07, 6.45) is 0. The maximum absolute atomic E-state index is 6.23. The van der Waals surface area contributed by atoms with Gasteiger partial charge in [0, 0.05) is 27.7 Å². The minimum atomic E-state index is 0.257. The van der Waals surface area contributed by atoms with E-state index < -0.39 is 0 Å². The number of hydrogen-bond donors (Lipinski definition) is 1. The van der Waals surface area contributed by atoms with Crippen LogP contribution in [0.4, 0.5) is 5.69 Å². The van der Waals surface area contributed by atoms with Crippen LogP contribution in [0.2, 0.25) is 0 Å². The molecule has 1 aliphatic heterocycles. The molecule has 0 aromatic heterocycles. The summed E-state index contributed by atoms with van der Waals surface area (Å²) in [7, 11) is 1.66. The molecule has 0 amide bonds. The summed E-state index contributed by atoms with van der Waals surface area (Å²) in [6, 6.07) is 24.2. The van der Waals surface area contributed by atoms with Gasteiger partial charge in [-0.1, -0.05) is 58.4 Å². The largest absolute Gasteiger partial charge is 0.493 e. The Bertz CT molecular complexity index is 1260. The number of hydrogen-bond acceptors (Lipinski definition) is 5. The van der Waals surface area contributed by atoms with Crippen molar-refractivity contribution in [1.82, 2.24) is 0 Å². The van der Waals surface area contributed by atoms with Gasteiger partial charge in [0.1, 0.15) is 6.61 Å². The normalized spacial score (nSPS) is 12.1. The summed E-state index contributed by atoms with van der Waals surface area (Å²) in [5.74, 6) is 2.96. The highest BCUT2D eigenvalue weighted by molar-refractivity contribution is 9.10. The van der Waals surface area contributed by atoms with E-state index in [0.29, 0.717) is 18.9 Å². The van der Waals surface area contributed by atoms with E-state index in [0.717, 1.165) is 49.3 Å². The molecule has 162 valence electrons. The minimum absolute atomic E-state index is 0.257. The second-order valence-corrected chi connectivity index (χ2v) is 8.27. The molecule has 0 saturated heterocycles. The summed E-state index contributed by atoms with van der Waals surface area (Å²) >= 11 is 3.69. The Hall–Kier alpha value is -3.38. The van der Waals surface area contributed by atoms with E-state index in [1.165, 1.54) is 0 Å². The van der Waals surface area contributed by atoms with Crippen LogP contribution >= 0.6 is 15.9 Å². The lowest BCUT2D eigenvalue weighted by Crippen LogP contribution is -2.06. The van der Waals surface area contributed by atoms with Gasteiger partial charge in [0.15, 0.2) is 23.0 Å². The van der Waals surface area contributed by atoms with Crippen molar-refractivity contribution in [2.45, 2.75) is 13.2 Å². The highest BCUT2D eigenvalue weighted by Crippen LogP contribution is 2.40. The maximum Gasteiger partial charge on any atom is 0.231 e. The number of nitrogens with one attached hydrogen (secondary N) is 1. The van der Waals surface area contributed by atoms with Gasteiger partial charge in [0.2, 0.25) is 6.79 Å². The molecule has 0 saturated carbocycles. The van der Waals surface area contributed by atoms with Crippen molar-refractivity contribution in [2.75, 3.05) is 19.2 Å². The molecular formula is C26H22BrNO4. The summed E-state index contributed by atoms with van der Waals surface area (Å²) < 4.78 is 23.9. The van der Waals surface area contributed by atoms with Crippen LogP contribution in [0.25, 0.3) is 10.8 Å². The van der Waals surface area contributed by atoms with Gasteiger partial charge < -0.3 is 24.3 Å². The fraction of sp³-hybridized carbons (Fsp3) is 0.154. The van der Waals surface area contributed by atoms with Crippen LogP contribution < -0.4 is 24.3 Å². The zero-order valence-electron chi connectivity index (χ0n) is 17.6. The third kappa shape index (κ3) is 4.06. The number of halogens is 1. The Labute approximate surface area is 195 Å². The molecule has 0 aliphatic carbocycles. The van der Waals surface area contributed by atoms with Gasteiger partial charge in [0.25, 0.3) is 0 Å². The molecule has 0 fully saturated rings. The van der Waals surface area contributed by atoms with Crippen LogP contribution in [-0.4, -0.2) is 13.9 Å².